The van der Waals surface area contributed by atoms with E-state index in [-0.39, 0.29) is 22.8 Å². The summed E-state index contributed by atoms with van der Waals surface area (Å²) in [5.74, 6) is 0.294. The summed E-state index contributed by atoms with van der Waals surface area (Å²) in [7, 11) is 0. The van der Waals surface area contributed by atoms with Gasteiger partial charge < -0.3 is 21.4 Å². The number of pyridine rings is 1. The molecule has 0 unspecified atom stereocenters. The lowest BCUT2D eigenvalue weighted by Crippen LogP contribution is -3.00. The molecule has 4 aromatic rings. The molecule has 2 heterocycles. The number of fused-ring (bicyclic) bond motifs is 1. The molecule has 4 rings (SSSR count). The van der Waals surface area contributed by atoms with Gasteiger partial charge in [0.15, 0.2) is 24.5 Å². The minimum absolute atomic E-state index is 0. The second-order valence-electron chi connectivity index (χ2n) is 5.49. The third-order valence-electron chi connectivity index (χ3n) is 3.77. The monoisotopic (exact) mass is 418 g/mol. The van der Waals surface area contributed by atoms with E-state index in [2.05, 4.69) is 4.98 Å². The highest BCUT2D eigenvalue weighted by Gasteiger charge is 2.13. The third-order valence-corrected chi connectivity index (χ3v) is 4.00. The highest BCUT2D eigenvalue weighted by molar-refractivity contribution is 6.31. The summed E-state index contributed by atoms with van der Waals surface area (Å²) in [5, 5.41) is 0.616. The van der Waals surface area contributed by atoms with E-state index >= 15 is 0 Å². The summed E-state index contributed by atoms with van der Waals surface area (Å²) in [6, 6.07) is 15.9. The molecular formula is C19H13BrClFN2O. The number of benzene rings is 2. The van der Waals surface area contributed by atoms with Crippen LogP contribution in [0.2, 0.25) is 5.02 Å². The zero-order valence-corrected chi connectivity index (χ0v) is 15.3. The van der Waals surface area contributed by atoms with Crippen LogP contribution in [0.15, 0.2) is 71.4 Å². The van der Waals surface area contributed by atoms with Gasteiger partial charge in [-0.25, -0.2) is 9.37 Å². The number of nitrogens with zero attached hydrogens (tertiary/aromatic N) is 2. The van der Waals surface area contributed by atoms with Crippen molar-refractivity contribution in [3.05, 3.63) is 83.4 Å². The highest BCUT2D eigenvalue weighted by Crippen LogP contribution is 2.25. The fourth-order valence-electron chi connectivity index (χ4n) is 2.59. The fourth-order valence-corrected chi connectivity index (χ4v) is 2.76. The van der Waals surface area contributed by atoms with Gasteiger partial charge in [-0.2, -0.15) is 4.57 Å². The van der Waals surface area contributed by atoms with Crippen LogP contribution in [0.3, 0.4) is 0 Å². The molecule has 0 bridgehead atoms. The number of hydrogen-bond acceptors (Lipinski definition) is 2. The first kappa shape index (κ1) is 17.6. The van der Waals surface area contributed by atoms with Crippen LogP contribution < -0.4 is 21.5 Å². The first-order chi connectivity index (χ1) is 11.7. The summed E-state index contributed by atoms with van der Waals surface area (Å²) >= 11 is 5.98. The molecule has 126 valence electrons. The lowest BCUT2D eigenvalue weighted by molar-refractivity contribution is -0.688. The van der Waals surface area contributed by atoms with Crippen molar-refractivity contribution in [1.82, 2.24) is 4.98 Å². The van der Waals surface area contributed by atoms with Gasteiger partial charge in [0.25, 0.3) is 0 Å². The largest absolute Gasteiger partial charge is 1.00 e. The lowest BCUT2D eigenvalue weighted by atomic mass is 10.2. The zero-order chi connectivity index (χ0) is 16.5. The number of halogens is 3. The SMILES string of the molecule is Fc1ccccc1C[n+]1cccc(-c2nc3cc(Cl)ccc3o2)c1.[Br-]. The molecular weight excluding hydrogens is 407 g/mol. The standard InChI is InChI=1S/C19H13ClFN2O.BrH/c20-15-7-8-18-17(10-15)22-19(24-18)14-5-3-9-23(12-14)11-13-4-1-2-6-16(13)21;/h1-10,12H,11H2;1H/q+1;/p-1. The predicted molar refractivity (Wildman–Crippen MR) is 90.2 cm³/mol. The molecule has 0 aliphatic rings. The van der Waals surface area contributed by atoms with Crippen LogP contribution >= 0.6 is 11.6 Å². The van der Waals surface area contributed by atoms with Gasteiger partial charge in [-0.05, 0) is 36.4 Å². The van der Waals surface area contributed by atoms with Crippen molar-refractivity contribution in [2.45, 2.75) is 6.54 Å². The van der Waals surface area contributed by atoms with Gasteiger partial charge in [0.05, 0.1) is 5.56 Å². The fraction of sp³-hybridized carbons (Fsp3) is 0.0526. The maximum absolute atomic E-state index is 13.8. The van der Waals surface area contributed by atoms with Crippen molar-refractivity contribution < 1.29 is 30.4 Å². The van der Waals surface area contributed by atoms with Crippen LogP contribution in [0.5, 0.6) is 0 Å². The molecule has 0 amide bonds. The van der Waals surface area contributed by atoms with Gasteiger partial charge in [0.1, 0.15) is 16.9 Å². The Hall–Kier alpha value is -2.24. The molecule has 6 heteroatoms. The smallest absolute Gasteiger partial charge is 0.233 e. The molecule has 3 nitrogen and oxygen atoms in total. The van der Waals surface area contributed by atoms with Crippen molar-refractivity contribution in [2.75, 3.05) is 0 Å². The number of oxazole rings is 1. The van der Waals surface area contributed by atoms with Crippen molar-refractivity contribution in [1.29, 1.82) is 0 Å². The van der Waals surface area contributed by atoms with Crippen LogP contribution in [-0.4, -0.2) is 4.98 Å². The Balaban J connectivity index is 0.00000182. The lowest BCUT2D eigenvalue weighted by Gasteiger charge is -2.00. The molecule has 0 atom stereocenters. The first-order valence-corrected chi connectivity index (χ1v) is 7.86. The molecule has 0 saturated heterocycles. The number of aromatic nitrogens is 2. The second kappa shape index (κ2) is 7.33. The maximum atomic E-state index is 13.8. The van der Waals surface area contributed by atoms with Crippen LogP contribution in [0, 0.1) is 5.82 Å². The molecule has 0 N–H and O–H groups in total. The molecule has 2 aromatic carbocycles. The Bertz CT molecular complexity index is 1030. The van der Waals surface area contributed by atoms with Crippen LogP contribution in [0.25, 0.3) is 22.6 Å². The first-order valence-electron chi connectivity index (χ1n) is 7.48. The van der Waals surface area contributed by atoms with Gasteiger partial charge in [-0.15, -0.1) is 0 Å². The predicted octanol–water partition coefficient (Wildman–Crippen LogP) is 1.63. The van der Waals surface area contributed by atoms with E-state index in [0.717, 1.165) is 5.56 Å². The third kappa shape index (κ3) is 3.72. The van der Waals surface area contributed by atoms with Crippen molar-refractivity contribution in [3.63, 3.8) is 0 Å². The summed E-state index contributed by atoms with van der Waals surface area (Å²) in [6.07, 6.45) is 3.77. The zero-order valence-electron chi connectivity index (χ0n) is 13.0. The van der Waals surface area contributed by atoms with Crippen molar-refractivity contribution >= 4 is 22.7 Å². The molecule has 0 fully saturated rings. The average molecular weight is 420 g/mol. The van der Waals surface area contributed by atoms with E-state index < -0.39 is 0 Å². The summed E-state index contributed by atoms with van der Waals surface area (Å²) in [4.78, 5) is 4.47. The van der Waals surface area contributed by atoms with Crippen LogP contribution in [0.1, 0.15) is 5.56 Å². The molecule has 0 aliphatic carbocycles. The van der Waals surface area contributed by atoms with E-state index in [9.17, 15) is 4.39 Å². The second-order valence-corrected chi connectivity index (χ2v) is 5.92. The van der Waals surface area contributed by atoms with E-state index in [1.807, 2.05) is 35.2 Å². The minimum Gasteiger partial charge on any atom is -1.00 e. The average Bonchev–Trinajstić information content (AvgIpc) is 3.00. The van der Waals surface area contributed by atoms with Crippen molar-refractivity contribution in [3.8, 4) is 11.5 Å². The van der Waals surface area contributed by atoms with Crippen LogP contribution in [0.4, 0.5) is 4.39 Å². The Labute approximate surface area is 159 Å². The Morgan fingerprint density at radius 1 is 1.08 bits per heavy atom. The van der Waals surface area contributed by atoms with Crippen molar-refractivity contribution in [2.24, 2.45) is 0 Å². The molecule has 2 aromatic heterocycles. The van der Waals surface area contributed by atoms with Gasteiger partial charge in [0.2, 0.25) is 5.89 Å². The maximum Gasteiger partial charge on any atom is 0.233 e. The molecule has 0 aliphatic heterocycles. The van der Waals surface area contributed by atoms with Gasteiger partial charge in [-0.3, -0.25) is 0 Å². The minimum atomic E-state index is -0.216. The van der Waals surface area contributed by atoms with Gasteiger partial charge in [-0.1, -0.05) is 23.7 Å². The van der Waals surface area contributed by atoms with E-state index in [1.165, 1.54) is 6.07 Å². The molecule has 0 spiro atoms. The summed E-state index contributed by atoms with van der Waals surface area (Å²) in [5.41, 5.74) is 2.84. The number of hydrogen-bond donors (Lipinski definition) is 0. The van der Waals surface area contributed by atoms with E-state index in [4.69, 9.17) is 16.0 Å². The normalized spacial score (nSPS) is 10.6. The van der Waals surface area contributed by atoms with Crippen LogP contribution in [-0.2, 0) is 6.54 Å². The number of rotatable bonds is 3. The summed E-state index contributed by atoms with van der Waals surface area (Å²) in [6.45, 7) is 0.437. The highest BCUT2D eigenvalue weighted by atomic mass is 79.9. The Morgan fingerprint density at radius 3 is 2.76 bits per heavy atom. The van der Waals surface area contributed by atoms with Gasteiger partial charge in [0, 0.05) is 11.1 Å². The molecule has 0 radical (unpaired) electrons. The topological polar surface area (TPSA) is 29.9 Å². The Kier molecular flexibility index (Phi) is 5.16. The van der Waals surface area contributed by atoms with E-state index in [1.54, 1.807) is 30.3 Å². The molecule has 0 saturated carbocycles. The summed E-state index contributed by atoms with van der Waals surface area (Å²) < 4.78 is 21.5. The van der Waals surface area contributed by atoms with Gasteiger partial charge >= 0.3 is 0 Å². The quantitative estimate of drug-likeness (QED) is 0.473. The Morgan fingerprint density at radius 2 is 1.92 bits per heavy atom. The molecule has 25 heavy (non-hydrogen) atoms. The van der Waals surface area contributed by atoms with E-state index in [0.29, 0.717) is 34.1 Å².